The van der Waals surface area contributed by atoms with E-state index in [0.717, 1.165) is 55.0 Å². The Kier molecular flexibility index (Phi) is 17.9. The lowest BCUT2D eigenvalue weighted by molar-refractivity contribution is -0.383. The number of thioether (sulfide) groups is 1. The van der Waals surface area contributed by atoms with Crippen LogP contribution in [0.5, 0.6) is 0 Å². The molecule has 19 heteroatoms. The van der Waals surface area contributed by atoms with E-state index < -0.39 is 28.1 Å². The minimum atomic E-state index is -3.87. The predicted octanol–water partition coefficient (Wildman–Crippen LogP) is 11.8. The molecular weight excluding hydrogens is 1020 g/mol. The Morgan fingerprint density at radius 2 is 1.55 bits per heavy atom. The number of benzene rings is 5. The van der Waals surface area contributed by atoms with E-state index in [4.69, 9.17) is 16.1 Å². The molecule has 0 spiro atoms. The van der Waals surface area contributed by atoms with Gasteiger partial charge in [0.05, 0.1) is 27.4 Å². The second kappa shape index (κ2) is 24.1. The van der Waals surface area contributed by atoms with Gasteiger partial charge in [0, 0.05) is 108 Å². The third-order valence-electron chi connectivity index (χ3n) is 13.9. The van der Waals surface area contributed by atoms with Crippen LogP contribution in [0.2, 0.25) is 5.02 Å². The standard InChI is InChI=1S/C55H66ClFN7O7PS2/c1-6-71-72(68,49-20-21-51(52(35-49)64(66)67)58-46(37-73-50-10-8-7-9-11-50)24-27-60-25-22-40(36-65)23-26-60)59-45-16-18-47(19-17-45)61-28-30-62(31-29-61)48-33-42(32-44(57)34-48)53-54(41-12-14-43(56)15-13-41)63(38(2)3)39(4)55(53)74(5,69)70/h7-21,32-35,38,40,46,58,65H,6,22-31,36-37H2,1-5H3,(H,59,68). The van der Waals surface area contributed by atoms with Gasteiger partial charge in [-0.25, -0.2) is 12.8 Å². The van der Waals surface area contributed by atoms with Crippen molar-refractivity contribution in [2.45, 2.75) is 68.8 Å². The van der Waals surface area contributed by atoms with Gasteiger partial charge < -0.3 is 39.3 Å². The van der Waals surface area contributed by atoms with Crippen LogP contribution in [0.3, 0.4) is 0 Å². The Morgan fingerprint density at radius 1 is 0.892 bits per heavy atom. The second-order valence-corrected chi connectivity index (χ2v) is 24.9. The minimum absolute atomic E-state index is 0.0916. The quantitative estimate of drug-likeness (QED) is 0.0270. The van der Waals surface area contributed by atoms with Crippen molar-refractivity contribution < 1.29 is 31.9 Å². The SMILES string of the molecule is CCOP(=O)(Nc1ccc(N2CCN(c3cc(F)cc(-c4c(S(C)(=O)=O)c(C)n(C(C)C)c4-c4ccc(Cl)cc4)c3)CC2)cc1)c1ccc(NC(CCN2CCC(CO)CC2)CSc2ccccc2)c([N+](=O)[O-])c1. The second-order valence-electron chi connectivity index (χ2n) is 19.4. The number of rotatable bonds is 21. The van der Waals surface area contributed by atoms with Gasteiger partial charge in [-0.2, -0.15) is 0 Å². The maximum Gasteiger partial charge on any atom is 0.324 e. The lowest BCUT2D eigenvalue weighted by Crippen LogP contribution is -2.46. The van der Waals surface area contributed by atoms with E-state index in [-0.39, 0.29) is 41.2 Å². The van der Waals surface area contributed by atoms with Crippen molar-refractivity contribution in [1.82, 2.24) is 9.47 Å². The summed E-state index contributed by atoms with van der Waals surface area (Å²) in [4.78, 5) is 20.2. The first-order valence-electron chi connectivity index (χ1n) is 25.2. The highest BCUT2D eigenvalue weighted by Gasteiger charge is 2.33. The number of sulfone groups is 1. The number of aliphatic hydroxyl groups excluding tert-OH is 1. The summed E-state index contributed by atoms with van der Waals surface area (Å²) < 4.78 is 65.5. The van der Waals surface area contributed by atoms with Crippen molar-refractivity contribution in [2.24, 2.45) is 5.92 Å². The summed E-state index contributed by atoms with van der Waals surface area (Å²) in [5.74, 6) is 0.522. The van der Waals surface area contributed by atoms with Gasteiger partial charge in [-0.1, -0.05) is 41.9 Å². The number of nitro groups is 1. The van der Waals surface area contributed by atoms with Gasteiger partial charge in [0.15, 0.2) is 9.84 Å². The lowest BCUT2D eigenvalue weighted by Gasteiger charge is -2.37. The number of aromatic nitrogens is 1. The first kappa shape index (κ1) is 54.9. The summed E-state index contributed by atoms with van der Waals surface area (Å²) in [5, 5.41) is 29.6. The van der Waals surface area contributed by atoms with Gasteiger partial charge >= 0.3 is 7.52 Å². The average Bonchev–Trinajstić information content (AvgIpc) is 3.71. The fraction of sp³-hybridized carbons (Fsp3) is 0.382. The molecule has 0 radical (unpaired) electrons. The number of nitrogens with one attached hydrogen (secondary N) is 2. The number of piperidine rings is 1. The normalized spacial score (nSPS) is 16.1. The maximum absolute atomic E-state index is 15.8. The van der Waals surface area contributed by atoms with Gasteiger partial charge in [0.2, 0.25) is 0 Å². The first-order chi connectivity index (χ1) is 35.4. The number of nitro benzene ring substituents is 1. The number of halogens is 2. The predicted molar refractivity (Wildman–Crippen MR) is 300 cm³/mol. The Bertz CT molecular complexity index is 3060. The molecule has 0 bridgehead atoms. The Hall–Kier alpha value is -5.39. The van der Waals surface area contributed by atoms with E-state index in [1.165, 1.54) is 24.5 Å². The van der Waals surface area contributed by atoms with Crippen molar-refractivity contribution in [3.05, 3.63) is 142 Å². The first-order valence-corrected chi connectivity index (χ1v) is 30.0. The van der Waals surface area contributed by atoms with Crippen LogP contribution in [-0.2, 0) is 18.9 Å². The number of nitrogens with zero attached hydrogens (tertiary/aromatic N) is 5. The molecule has 14 nitrogen and oxygen atoms in total. The van der Waals surface area contributed by atoms with Crippen LogP contribution >= 0.6 is 30.9 Å². The van der Waals surface area contributed by atoms with E-state index in [0.29, 0.717) is 82.4 Å². The molecule has 2 aliphatic rings. The summed E-state index contributed by atoms with van der Waals surface area (Å²) in [5.41, 5.74) is 5.13. The highest BCUT2D eigenvalue weighted by Crippen LogP contribution is 2.48. The summed E-state index contributed by atoms with van der Waals surface area (Å²) in [6.07, 6.45) is 3.83. The number of hydrogen-bond donors (Lipinski definition) is 3. The van der Waals surface area contributed by atoms with E-state index in [2.05, 4.69) is 25.1 Å². The number of piperazine rings is 1. The number of anilines is 4. The fourth-order valence-corrected chi connectivity index (χ4v) is 14.3. The molecule has 74 heavy (non-hydrogen) atoms. The summed E-state index contributed by atoms with van der Waals surface area (Å²) >= 11 is 7.96. The molecule has 2 fully saturated rings. The van der Waals surface area contributed by atoms with Crippen LogP contribution in [0.25, 0.3) is 22.4 Å². The van der Waals surface area contributed by atoms with Crippen molar-refractivity contribution in [2.75, 3.05) is 91.2 Å². The lowest BCUT2D eigenvalue weighted by atomic mass is 9.97. The zero-order valence-electron chi connectivity index (χ0n) is 42.5. The topological polar surface area (TPSA) is 163 Å². The fourth-order valence-electron chi connectivity index (χ4n) is 10.2. The molecule has 0 amide bonds. The third kappa shape index (κ3) is 13.0. The zero-order chi connectivity index (χ0) is 52.7. The van der Waals surface area contributed by atoms with Crippen LogP contribution in [0.15, 0.2) is 125 Å². The van der Waals surface area contributed by atoms with Crippen LogP contribution < -0.4 is 25.5 Å². The zero-order valence-corrected chi connectivity index (χ0v) is 45.8. The Balaban J connectivity index is 0.966. The molecule has 0 saturated carbocycles. The van der Waals surface area contributed by atoms with E-state index in [1.807, 2.05) is 79.1 Å². The molecule has 394 valence electrons. The third-order valence-corrected chi connectivity index (χ3v) is 18.7. The molecule has 6 aromatic rings. The van der Waals surface area contributed by atoms with Crippen molar-refractivity contribution >= 4 is 74.5 Å². The highest BCUT2D eigenvalue weighted by molar-refractivity contribution is 7.99. The van der Waals surface area contributed by atoms with Gasteiger partial charge in [0.1, 0.15) is 11.5 Å². The molecule has 2 atom stereocenters. The Labute approximate surface area is 443 Å². The monoisotopic (exact) mass is 1090 g/mol. The van der Waals surface area contributed by atoms with Crippen LogP contribution in [-0.4, -0.2) is 105 Å². The molecule has 1 aromatic heterocycles. The maximum atomic E-state index is 15.8. The summed E-state index contributed by atoms with van der Waals surface area (Å²) in [6.45, 7) is 12.7. The molecule has 8 rings (SSSR count). The van der Waals surface area contributed by atoms with E-state index >= 15 is 4.39 Å². The van der Waals surface area contributed by atoms with Crippen LogP contribution in [0.1, 0.15) is 51.8 Å². The smallest absolute Gasteiger partial charge is 0.324 e. The molecular formula is C55H66ClFN7O7PS2. The van der Waals surface area contributed by atoms with Gasteiger partial charge in [-0.3, -0.25) is 14.7 Å². The molecule has 3 heterocycles. The van der Waals surface area contributed by atoms with Gasteiger partial charge in [0.25, 0.3) is 5.69 Å². The minimum Gasteiger partial charge on any atom is -0.396 e. The van der Waals surface area contributed by atoms with Crippen molar-refractivity contribution in [3.8, 4) is 22.4 Å². The molecule has 0 aliphatic carbocycles. The molecule has 3 N–H and O–H groups in total. The molecule has 2 aliphatic heterocycles. The number of likely N-dealkylation sites (tertiary alicyclic amines) is 1. The summed E-state index contributed by atoms with van der Waals surface area (Å²) in [7, 11) is -7.63. The Morgan fingerprint density at radius 3 is 2.16 bits per heavy atom. The van der Waals surface area contributed by atoms with Crippen molar-refractivity contribution in [1.29, 1.82) is 0 Å². The molecule has 5 aromatic carbocycles. The van der Waals surface area contributed by atoms with E-state index in [1.54, 1.807) is 62.0 Å². The molecule has 2 saturated heterocycles. The van der Waals surface area contributed by atoms with Gasteiger partial charge in [-0.15, -0.1) is 11.8 Å². The van der Waals surface area contributed by atoms with Crippen LogP contribution in [0, 0.1) is 28.8 Å². The average molecular weight is 1090 g/mol. The summed E-state index contributed by atoms with van der Waals surface area (Å²) in [6, 6.07) is 33.9. The van der Waals surface area contributed by atoms with Gasteiger partial charge in [-0.05, 0) is 156 Å². The van der Waals surface area contributed by atoms with Crippen molar-refractivity contribution in [3.63, 3.8) is 0 Å². The number of hydrogen-bond acceptors (Lipinski definition) is 12. The largest absolute Gasteiger partial charge is 0.396 e. The van der Waals surface area contributed by atoms with E-state index in [9.17, 15) is 28.2 Å². The number of aliphatic hydroxyl groups is 1. The van der Waals surface area contributed by atoms with Crippen LogP contribution in [0.4, 0.5) is 32.8 Å². The molecule has 2 unspecified atom stereocenters. The highest BCUT2D eigenvalue weighted by atomic mass is 35.5.